The third kappa shape index (κ3) is 3.19. The van der Waals surface area contributed by atoms with Gasteiger partial charge in [0.25, 0.3) is 0 Å². The number of benzene rings is 2. The molecule has 0 saturated carbocycles. The molecule has 2 amide bonds. The zero-order valence-corrected chi connectivity index (χ0v) is 10.1. The highest BCUT2D eigenvalue weighted by Crippen LogP contribution is 2.18. The normalized spacial score (nSPS) is 10.2. The van der Waals surface area contributed by atoms with Crippen LogP contribution in [0.5, 0.6) is 0 Å². The standard InChI is InChI=1S/C13H10F3N3O/c14-7-1-4-12(10(16)5-7)19-13(20)18-8-2-3-9(15)11(17)6-8/h1-6H,17H2,(H2,18,19,20). The van der Waals surface area contributed by atoms with Gasteiger partial charge in [0.05, 0.1) is 11.4 Å². The van der Waals surface area contributed by atoms with E-state index in [-0.39, 0.29) is 17.1 Å². The van der Waals surface area contributed by atoms with Gasteiger partial charge in [-0.05, 0) is 30.3 Å². The number of carbonyl (C=O) groups excluding carboxylic acids is 1. The summed E-state index contributed by atoms with van der Waals surface area (Å²) in [6.45, 7) is 0. The van der Waals surface area contributed by atoms with Crippen molar-refractivity contribution in [3.8, 4) is 0 Å². The first-order valence-corrected chi connectivity index (χ1v) is 5.54. The van der Waals surface area contributed by atoms with Crippen LogP contribution in [0.25, 0.3) is 0 Å². The van der Waals surface area contributed by atoms with Gasteiger partial charge in [0, 0.05) is 11.8 Å². The van der Waals surface area contributed by atoms with E-state index in [2.05, 4.69) is 10.6 Å². The quantitative estimate of drug-likeness (QED) is 0.739. The minimum atomic E-state index is -0.904. The molecule has 20 heavy (non-hydrogen) atoms. The Balaban J connectivity index is 2.07. The second-order valence-electron chi connectivity index (χ2n) is 3.94. The first-order valence-electron chi connectivity index (χ1n) is 5.54. The van der Waals surface area contributed by atoms with E-state index < -0.39 is 23.5 Å². The molecule has 0 aliphatic heterocycles. The first kappa shape index (κ1) is 13.7. The van der Waals surface area contributed by atoms with Crippen LogP contribution in [-0.4, -0.2) is 6.03 Å². The van der Waals surface area contributed by atoms with Crippen LogP contribution < -0.4 is 16.4 Å². The lowest BCUT2D eigenvalue weighted by Crippen LogP contribution is -2.20. The molecule has 0 aliphatic carbocycles. The maximum absolute atomic E-state index is 13.3. The summed E-state index contributed by atoms with van der Waals surface area (Å²) < 4.78 is 38.9. The summed E-state index contributed by atoms with van der Waals surface area (Å²) in [5.41, 5.74) is 5.27. The maximum atomic E-state index is 13.3. The van der Waals surface area contributed by atoms with E-state index in [1.54, 1.807) is 0 Å². The van der Waals surface area contributed by atoms with Crippen LogP contribution in [0.2, 0.25) is 0 Å². The van der Waals surface area contributed by atoms with Crippen molar-refractivity contribution in [3.63, 3.8) is 0 Å². The number of nitrogens with one attached hydrogen (secondary N) is 2. The fourth-order valence-electron chi connectivity index (χ4n) is 1.50. The fourth-order valence-corrected chi connectivity index (χ4v) is 1.50. The third-order valence-electron chi connectivity index (χ3n) is 2.43. The Morgan fingerprint density at radius 3 is 2.35 bits per heavy atom. The second-order valence-corrected chi connectivity index (χ2v) is 3.94. The van der Waals surface area contributed by atoms with Crippen LogP contribution in [0, 0.1) is 17.5 Å². The molecule has 2 aromatic carbocycles. The van der Waals surface area contributed by atoms with Crippen LogP contribution in [0.15, 0.2) is 36.4 Å². The average Bonchev–Trinajstić information content (AvgIpc) is 2.37. The molecule has 4 N–H and O–H groups in total. The number of anilines is 3. The van der Waals surface area contributed by atoms with E-state index in [9.17, 15) is 18.0 Å². The van der Waals surface area contributed by atoms with Gasteiger partial charge in [-0.1, -0.05) is 0 Å². The zero-order valence-electron chi connectivity index (χ0n) is 10.1. The van der Waals surface area contributed by atoms with E-state index in [4.69, 9.17) is 5.73 Å². The number of amides is 2. The predicted molar refractivity (Wildman–Crippen MR) is 69.8 cm³/mol. The molecule has 0 fully saturated rings. The highest BCUT2D eigenvalue weighted by Gasteiger charge is 2.09. The Morgan fingerprint density at radius 2 is 1.70 bits per heavy atom. The summed E-state index contributed by atoms with van der Waals surface area (Å²) >= 11 is 0. The molecular weight excluding hydrogens is 271 g/mol. The average molecular weight is 281 g/mol. The largest absolute Gasteiger partial charge is 0.396 e. The summed E-state index contributed by atoms with van der Waals surface area (Å²) in [6.07, 6.45) is 0. The van der Waals surface area contributed by atoms with Crippen LogP contribution >= 0.6 is 0 Å². The Labute approximate surface area is 112 Å². The number of rotatable bonds is 2. The van der Waals surface area contributed by atoms with E-state index in [0.29, 0.717) is 6.07 Å². The minimum Gasteiger partial charge on any atom is -0.396 e. The van der Waals surface area contributed by atoms with Crippen molar-refractivity contribution < 1.29 is 18.0 Å². The van der Waals surface area contributed by atoms with Crippen molar-refractivity contribution in [2.75, 3.05) is 16.4 Å². The van der Waals surface area contributed by atoms with Gasteiger partial charge in [0.15, 0.2) is 0 Å². The highest BCUT2D eigenvalue weighted by atomic mass is 19.1. The van der Waals surface area contributed by atoms with Gasteiger partial charge in [-0.15, -0.1) is 0 Å². The Hall–Kier alpha value is -2.70. The van der Waals surface area contributed by atoms with Crippen LogP contribution in [-0.2, 0) is 0 Å². The summed E-state index contributed by atoms with van der Waals surface area (Å²) in [7, 11) is 0. The SMILES string of the molecule is Nc1cc(NC(=O)Nc2ccc(F)cc2F)ccc1F. The smallest absolute Gasteiger partial charge is 0.323 e. The monoisotopic (exact) mass is 281 g/mol. The van der Waals surface area contributed by atoms with E-state index in [0.717, 1.165) is 18.2 Å². The molecular formula is C13H10F3N3O. The maximum Gasteiger partial charge on any atom is 0.323 e. The lowest BCUT2D eigenvalue weighted by atomic mass is 10.2. The number of carbonyl (C=O) groups is 1. The van der Waals surface area contributed by atoms with Crippen molar-refractivity contribution in [1.29, 1.82) is 0 Å². The van der Waals surface area contributed by atoms with Crippen molar-refractivity contribution in [3.05, 3.63) is 53.8 Å². The van der Waals surface area contributed by atoms with Crippen molar-refractivity contribution in [2.45, 2.75) is 0 Å². The van der Waals surface area contributed by atoms with Gasteiger partial charge in [-0.25, -0.2) is 18.0 Å². The van der Waals surface area contributed by atoms with Gasteiger partial charge in [-0.2, -0.15) is 0 Å². The summed E-state index contributed by atoms with van der Waals surface area (Å²) in [6, 6.07) is 5.58. The molecule has 0 saturated heterocycles. The Bertz CT molecular complexity index is 661. The molecule has 2 rings (SSSR count). The van der Waals surface area contributed by atoms with Crippen LogP contribution in [0.1, 0.15) is 0 Å². The molecule has 0 spiro atoms. The van der Waals surface area contributed by atoms with Crippen LogP contribution in [0.4, 0.5) is 35.0 Å². The van der Waals surface area contributed by atoms with Gasteiger partial charge in [0.2, 0.25) is 0 Å². The van der Waals surface area contributed by atoms with Crippen molar-refractivity contribution in [2.24, 2.45) is 0 Å². The number of halogens is 3. The minimum absolute atomic E-state index is 0.129. The van der Waals surface area contributed by atoms with Crippen LogP contribution in [0.3, 0.4) is 0 Å². The molecule has 0 aliphatic rings. The Morgan fingerprint density at radius 1 is 0.950 bits per heavy atom. The third-order valence-corrected chi connectivity index (χ3v) is 2.43. The van der Waals surface area contributed by atoms with Crippen molar-refractivity contribution in [1.82, 2.24) is 0 Å². The summed E-state index contributed by atoms with van der Waals surface area (Å²) in [5, 5.41) is 4.54. The molecule has 0 radical (unpaired) electrons. The summed E-state index contributed by atoms with van der Waals surface area (Å²) in [4.78, 5) is 11.6. The number of nitrogens with two attached hydrogens (primary N) is 1. The highest BCUT2D eigenvalue weighted by molar-refractivity contribution is 6.00. The summed E-state index contributed by atoms with van der Waals surface area (Å²) in [5.74, 6) is -2.26. The van der Waals surface area contributed by atoms with Gasteiger partial charge < -0.3 is 16.4 Å². The molecule has 4 nitrogen and oxygen atoms in total. The van der Waals surface area contributed by atoms with E-state index in [1.807, 2.05) is 0 Å². The molecule has 0 bridgehead atoms. The van der Waals surface area contributed by atoms with Gasteiger partial charge in [-0.3, -0.25) is 0 Å². The topological polar surface area (TPSA) is 67.1 Å². The fraction of sp³-hybridized carbons (Fsp3) is 0. The second kappa shape index (κ2) is 5.52. The number of nitrogen functional groups attached to an aromatic ring is 1. The molecule has 0 unspecified atom stereocenters. The molecule has 0 aromatic heterocycles. The molecule has 0 heterocycles. The predicted octanol–water partition coefficient (Wildman–Crippen LogP) is 3.33. The van der Waals surface area contributed by atoms with Crippen molar-refractivity contribution >= 4 is 23.1 Å². The molecule has 2 aromatic rings. The van der Waals surface area contributed by atoms with E-state index in [1.165, 1.54) is 12.1 Å². The molecule has 0 atom stereocenters. The number of urea groups is 1. The lowest BCUT2D eigenvalue weighted by Gasteiger charge is -2.09. The van der Waals surface area contributed by atoms with Gasteiger partial charge >= 0.3 is 6.03 Å². The lowest BCUT2D eigenvalue weighted by molar-refractivity contribution is 0.262. The molecule has 104 valence electrons. The van der Waals surface area contributed by atoms with Gasteiger partial charge in [0.1, 0.15) is 17.5 Å². The zero-order chi connectivity index (χ0) is 14.7. The number of hydrogen-bond donors (Lipinski definition) is 3. The van der Waals surface area contributed by atoms with E-state index >= 15 is 0 Å². The number of hydrogen-bond acceptors (Lipinski definition) is 2. The molecule has 7 heteroatoms. The first-order chi connectivity index (χ1) is 9.45. The Kier molecular flexibility index (Phi) is 3.79.